The van der Waals surface area contributed by atoms with Gasteiger partial charge in [-0.25, -0.2) is 28.1 Å². The summed E-state index contributed by atoms with van der Waals surface area (Å²) in [5, 5.41) is 5.08. The van der Waals surface area contributed by atoms with Gasteiger partial charge in [0, 0.05) is 17.8 Å². The van der Waals surface area contributed by atoms with Gasteiger partial charge < -0.3 is 5.32 Å². The Balaban J connectivity index is 1.93. The van der Waals surface area contributed by atoms with Crippen LogP contribution in [-0.2, 0) is 21.4 Å². The van der Waals surface area contributed by atoms with Crippen LogP contribution in [0.3, 0.4) is 0 Å². The summed E-state index contributed by atoms with van der Waals surface area (Å²) in [7, 11) is -3.42. The average Bonchev–Trinajstić information content (AvgIpc) is 2.92. The van der Waals surface area contributed by atoms with E-state index >= 15 is 0 Å². The second-order valence-corrected chi connectivity index (χ2v) is 7.18. The minimum atomic E-state index is -3.42. The highest BCUT2D eigenvalue weighted by molar-refractivity contribution is 7.88. The van der Waals surface area contributed by atoms with E-state index in [1.54, 1.807) is 23.8 Å². The van der Waals surface area contributed by atoms with Crippen LogP contribution in [0.25, 0.3) is 10.8 Å². The third-order valence-electron chi connectivity index (χ3n) is 2.54. The SMILES string of the molecule is C[C@H](NS(C)(=O)=O)C(=O)NCc1csc(-c2ncccn2)n1. The van der Waals surface area contributed by atoms with Gasteiger partial charge in [-0.2, -0.15) is 0 Å². The number of nitrogens with zero attached hydrogens (tertiary/aromatic N) is 3. The highest BCUT2D eigenvalue weighted by Crippen LogP contribution is 2.19. The average molecular weight is 341 g/mol. The molecule has 0 aliphatic rings. The molecule has 0 spiro atoms. The highest BCUT2D eigenvalue weighted by Gasteiger charge is 2.17. The van der Waals surface area contributed by atoms with Crippen LogP contribution < -0.4 is 10.0 Å². The van der Waals surface area contributed by atoms with Gasteiger partial charge in [0.1, 0.15) is 0 Å². The Kier molecular flexibility index (Phi) is 5.16. The van der Waals surface area contributed by atoms with Crippen LogP contribution in [-0.4, -0.2) is 41.6 Å². The third kappa shape index (κ3) is 4.83. The van der Waals surface area contributed by atoms with Crippen molar-refractivity contribution in [2.24, 2.45) is 0 Å². The molecule has 1 atom stereocenters. The predicted octanol–water partition coefficient (Wildman–Crippen LogP) is 0.154. The molecule has 0 aromatic carbocycles. The van der Waals surface area contributed by atoms with E-state index < -0.39 is 22.0 Å². The highest BCUT2D eigenvalue weighted by atomic mass is 32.2. The molecular weight excluding hydrogens is 326 g/mol. The number of sulfonamides is 1. The molecule has 10 heteroatoms. The number of carbonyl (C=O) groups excluding carboxylic acids is 1. The van der Waals surface area contributed by atoms with Gasteiger partial charge in [0.2, 0.25) is 15.9 Å². The van der Waals surface area contributed by atoms with Crippen molar-refractivity contribution in [1.29, 1.82) is 0 Å². The topological polar surface area (TPSA) is 114 Å². The molecule has 22 heavy (non-hydrogen) atoms. The number of amides is 1. The quantitative estimate of drug-likeness (QED) is 0.773. The van der Waals surface area contributed by atoms with Crippen LogP contribution in [0.4, 0.5) is 0 Å². The first-order valence-corrected chi connectivity index (χ1v) is 9.09. The van der Waals surface area contributed by atoms with E-state index in [-0.39, 0.29) is 6.54 Å². The molecule has 118 valence electrons. The van der Waals surface area contributed by atoms with Crippen molar-refractivity contribution >= 4 is 27.3 Å². The molecule has 0 radical (unpaired) electrons. The molecular formula is C12H15N5O3S2. The molecule has 2 aromatic heterocycles. The number of nitrogens with one attached hydrogen (secondary N) is 2. The molecule has 0 saturated carbocycles. The first kappa shape index (κ1) is 16.5. The van der Waals surface area contributed by atoms with Gasteiger partial charge in [-0.15, -0.1) is 11.3 Å². The fourth-order valence-electron chi connectivity index (χ4n) is 1.61. The maximum atomic E-state index is 11.8. The molecule has 2 heterocycles. The van der Waals surface area contributed by atoms with Crippen molar-refractivity contribution in [2.45, 2.75) is 19.5 Å². The monoisotopic (exact) mass is 341 g/mol. The van der Waals surface area contributed by atoms with Crippen molar-refractivity contribution in [2.75, 3.05) is 6.26 Å². The number of rotatable bonds is 6. The summed E-state index contributed by atoms with van der Waals surface area (Å²) in [5.74, 6) is 0.105. The minimum absolute atomic E-state index is 0.206. The molecule has 0 aliphatic carbocycles. The molecule has 2 rings (SSSR count). The lowest BCUT2D eigenvalue weighted by molar-refractivity contribution is -0.122. The standard InChI is InChI=1S/C12H15N5O3S2/c1-8(17-22(2,19)20)11(18)15-6-9-7-21-12(16-9)10-13-4-3-5-14-10/h3-5,7-8,17H,6H2,1-2H3,(H,15,18)/t8-/m0/s1. The van der Waals surface area contributed by atoms with Gasteiger partial charge in [0.25, 0.3) is 0 Å². The Labute approximate surface area is 132 Å². The van der Waals surface area contributed by atoms with Gasteiger partial charge in [0.15, 0.2) is 10.8 Å². The van der Waals surface area contributed by atoms with E-state index in [4.69, 9.17) is 0 Å². The van der Waals surface area contributed by atoms with E-state index in [1.807, 2.05) is 0 Å². The molecule has 0 fully saturated rings. The Morgan fingerprint density at radius 3 is 2.68 bits per heavy atom. The maximum Gasteiger partial charge on any atom is 0.238 e. The van der Waals surface area contributed by atoms with Crippen LogP contribution in [0.15, 0.2) is 23.8 Å². The predicted molar refractivity (Wildman–Crippen MR) is 82.4 cm³/mol. The van der Waals surface area contributed by atoms with Crippen LogP contribution in [0.1, 0.15) is 12.6 Å². The van der Waals surface area contributed by atoms with Crippen LogP contribution in [0.2, 0.25) is 0 Å². The Bertz CT molecular complexity index is 745. The molecule has 2 aromatic rings. The zero-order valence-electron chi connectivity index (χ0n) is 12.0. The Morgan fingerprint density at radius 2 is 2.05 bits per heavy atom. The minimum Gasteiger partial charge on any atom is -0.349 e. The van der Waals surface area contributed by atoms with E-state index in [1.165, 1.54) is 18.3 Å². The number of aromatic nitrogens is 3. The van der Waals surface area contributed by atoms with Crippen molar-refractivity contribution in [3.63, 3.8) is 0 Å². The van der Waals surface area contributed by atoms with E-state index in [0.29, 0.717) is 16.5 Å². The van der Waals surface area contributed by atoms with Gasteiger partial charge in [-0.05, 0) is 13.0 Å². The van der Waals surface area contributed by atoms with Crippen molar-refractivity contribution < 1.29 is 13.2 Å². The number of hydrogen-bond acceptors (Lipinski definition) is 7. The summed E-state index contributed by atoms with van der Waals surface area (Å²) in [6.45, 7) is 1.68. The summed E-state index contributed by atoms with van der Waals surface area (Å²) in [6, 6.07) is 0.875. The summed E-state index contributed by atoms with van der Waals surface area (Å²) >= 11 is 1.37. The number of hydrogen-bond donors (Lipinski definition) is 2. The lowest BCUT2D eigenvalue weighted by Gasteiger charge is -2.11. The summed E-state index contributed by atoms with van der Waals surface area (Å²) in [6.07, 6.45) is 4.26. The fraction of sp³-hybridized carbons (Fsp3) is 0.333. The Morgan fingerprint density at radius 1 is 1.36 bits per heavy atom. The molecule has 2 N–H and O–H groups in total. The van der Waals surface area contributed by atoms with Crippen LogP contribution in [0.5, 0.6) is 0 Å². The normalized spacial score (nSPS) is 12.8. The van der Waals surface area contributed by atoms with E-state index in [2.05, 4.69) is 25.0 Å². The summed E-state index contributed by atoms with van der Waals surface area (Å²) in [4.78, 5) is 24.3. The lowest BCUT2D eigenvalue weighted by Crippen LogP contribution is -2.44. The third-order valence-corrected chi connectivity index (χ3v) is 4.21. The largest absolute Gasteiger partial charge is 0.349 e. The first-order chi connectivity index (χ1) is 10.3. The van der Waals surface area contributed by atoms with E-state index in [0.717, 1.165) is 6.26 Å². The second kappa shape index (κ2) is 6.90. The first-order valence-electron chi connectivity index (χ1n) is 6.32. The number of carbonyl (C=O) groups is 1. The summed E-state index contributed by atoms with van der Waals surface area (Å²) in [5.41, 5.74) is 0.660. The van der Waals surface area contributed by atoms with Crippen molar-refractivity contribution in [3.8, 4) is 10.8 Å². The van der Waals surface area contributed by atoms with Gasteiger partial charge in [0.05, 0.1) is 24.5 Å². The van der Waals surface area contributed by atoms with Gasteiger partial charge in [-0.1, -0.05) is 0 Å². The second-order valence-electron chi connectivity index (χ2n) is 4.55. The fourth-order valence-corrected chi connectivity index (χ4v) is 3.12. The van der Waals surface area contributed by atoms with E-state index in [9.17, 15) is 13.2 Å². The van der Waals surface area contributed by atoms with Crippen molar-refractivity contribution in [3.05, 3.63) is 29.5 Å². The van der Waals surface area contributed by atoms with Crippen LogP contribution in [0, 0.1) is 0 Å². The molecule has 0 aliphatic heterocycles. The zero-order valence-corrected chi connectivity index (χ0v) is 13.6. The molecule has 0 unspecified atom stereocenters. The molecule has 1 amide bonds. The maximum absolute atomic E-state index is 11.8. The lowest BCUT2D eigenvalue weighted by atomic mass is 10.3. The zero-order chi connectivity index (χ0) is 16.2. The van der Waals surface area contributed by atoms with Crippen molar-refractivity contribution in [1.82, 2.24) is 25.0 Å². The van der Waals surface area contributed by atoms with Gasteiger partial charge >= 0.3 is 0 Å². The molecule has 8 nitrogen and oxygen atoms in total. The molecule has 0 bridgehead atoms. The smallest absolute Gasteiger partial charge is 0.238 e. The van der Waals surface area contributed by atoms with Gasteiger partial charge in [-0.3, -0.25) is 4.79 Å². The summed E-state index contributed by atoms with van der Waals surface area (Å²) < 4.78 is 24.3. The molecule has 0 saturated heterocycles. The van der Waals surface area contributed by atoms with Crippen LogP contribution >= 0.6 is 11.3 Å². The Hall–Kier alpha value is -1.91. The number of thiazole rings is 1.